The van der Waals surface area contributed by atoms with Gasteiger partial charge < -0.3 is 5.32 Å². The standard InChI is InChI=1S/C12H13F3N6/c1-7-2-3-17-5-8(7)6-18-10-4-9(12(13,14)15)19-11(20-10)21-16/h2-5H,6,16H2,1H3,(H2,18,19,20,21). The van der Waals surface area contributed by atoms with Crippen LogP contribution in [-0.4, -0.2) is 15.0 Å². The number of aromatic nitrogens is 3. The first kappa shape index (κ1) is 15.0. The predicted molar refractivity (Wildman–Crippen MR) is 71.1 cm³/mol. The Morgan fingerprint density at radius 2 is 2.05 bits per heavy atom. The third kappa shape index (κ3) is 3.78. The molecule has 0 unspecified atom stereocenters. The van der Waals surface area contributed by atoms with Crippen molar-refractivity contribution < 1.29 is 13.2 Å². The number of nitrogen functional groups attached to an aromatic ring is 1. The molecule has 0 aliphatic carbocycles. The van der Waals surface area contributed by atoms with E-state index < -0.39 is 11.9 Å². The highest BCUT2D eigenvalue weighted by Crippen LogP contribution is 2.29. The van der Waals surface area contributed by atoms with Crippen LogP contribution in [0, 0.1) is 6.92 Å². The zero-order chi connectivity index (χ0) is 15.5. The van der Waals surface area contributed by atoms with Gasteiger partial charge in [-0.05, 0) is 24.1 Å². The lowest BCUT2D eigenvalue weighted by atomic mass is 10.1. The zero-order valence-corrected chi connectivity index (χ0v) is 11.1. The van der Waals surface area contributed by atoms with E-state index in [0.717, 1.165) is 17.2 Å². The number of nitrogens with two attached hydrogens (primary N) is 1. The van der Waals surface area contributed by atoms with Gasteiger partial charge in [-0.3, -0.25) is 10.4 Å². The van der Waals surface area contributed by atoms with E-state index in [1.54, 1.807) is 12.4 Å². The van der Waals surface area contributed by atoms with Crippen LogP contribution >= 0.6 is 0 Å². The lowest BCUT2D eigenvalue weighted by molar-refractivity contribution is -0.141. The van der Waals surface area contributed by atoms with Crippen LogP contribution in [0.3, 0.4) is 0 Å². The second kappa shape index (κ2) is 5.92. The Morgan fingerprint density at radius 3 is 2.67 bits per heavy atom. The molecule has 0 radical (unpaired) electrons. The molecule has 0 saturated heterocycles. The van der Waals surface area contributed by atoms with Crippen molar-refractivity contribution in [1.82, 2.24) is 15.0 Å². The van der Waals surface area contributed by atoms with E-state index in [4.69, 9.17) is 5.84 Å². The molecule has 0 spiro atoms. The highest BCUT2D eigenvalue weighted by Gasteiger charge is 2.33. The van der Waals surface area contributed by atoms with Gasteiger partial charge in [0, 0.05) is 25.0 Å². The van der Waals surface area contributed by atoms with Crippen LogP contribution in [0.2, 0.25) is 0 Å². The Morgan fingerprint density at radius 1 is 1.29 bits per heavy atom. The van der Waals surface area contributed by atoms with Crippen LogP contribution in [0.15, 0.2) is 24.5 Å². The lowest BCUT2D eigenvalue weighted by Crippen LogP contribution is -2.17. The summed E-state index contributed by atoms with van der Waals surface area (Å²) in [6.45, 7) is 2.17. The maximum Gasteiger partial charge on any atom is 0.433 e. The fourth-order valence-corrected chi connectivity index (χ4v) is 1.62. The van der Waals surface area contributed by atoms with Gasteiger partial charge in [-0.25, -0.2) is 10.8 Å². The smallest absolute Gasteiger partial charge is 0.366 e. The third-order valence-corrected chi connectivity index (χ3v) is 2.75. The summed E-state index contributed by atoms with van der Waals surface area (Å²) in [5.41, 5.74) is 2.77. The van der Waals surface area contributed by atoms with Crippen LogP contribution in [0.25, 0.3) is 0 Å². The van der Waals surface area contributed by atoms with E-state index in [1.807, 2.05) is 18.4 Å². The summed E-state index contributed by atoms with van der Waals surface area (Å²) in [6.07, 6.45) is -1.30. The zero-order valence-electron chi connectivity index (χ0n) is 11.1. The molecular formula is C12H13F3N6. The normalized spacial score (nSPS) is 11.3. The number of hydrazine groups is 1. The van der Waals surface area contributed by atoms with Gasteiger partial charge in [0.25, 0.3) is 0 Å². The molecule has 2 heterocycles. The number of rotatable bonds is 4. The van der Waals surface area contributed by atoms with Gasteiger partial charge in [-0.15, -0.1) is 0 Å². The first-order valence-electron chi connectivity index (χ1n) is 5.96. The van der Waals surface area contributed by atoms with Gasteiger partial charge in [-0.1, -0.05) is 0 Å². The minimum atomic E-state index is -4.57. The fourth-order valence-electron chi connectivity index (χ4n) is 1.62. The number of alkyl halides is 3. The third-order valence-electron chi connectivity index (χ3n) is 2.75. The van der Waals surface area contributed by atoms with E-state index in [9.17, 15) is 13.2 Å². The average molecular weight is 298 g/mol. The Bertz CT molecular complexity index is 629. The van der Waals surface area contributed by atoms with Crippen molar-refractivity contribution in [3.63, 3.8) is 0 Å². The Kier molecular flexibility index (Phi) is 4.22. The van der Waals surface area contributed by atoms with Crippen molar-refractivity contribution in [2.24, 2.45) is 5.84 Å². The summed E-state index contributed by atoms with van der Waals surface area (Å²) < 4.78 is 38.1. The van der Waals surface area contributed by atoms with Gasteiger partial charge in [0.05, 0.1) is 0 Å². The van der Waals surface area contributed by atoms with Crippen LogP contribution in [-0.2, 0) is 12.7 Å². The van der Waals surface area contributed by atoms with Gasteiger partial charge in [-0.2, -0.15) is 18.2 Å². The second-order valence-corrected chi connectivity index (χ2v) is 4.26. The first-order valence-corrected chi connectivity index (χ1v) is 5.96. The maximum atomic E-state index is 12.7. The SMILES string of the molecule is Cc1ccncc1CNc1cc(C(F)(F)F)nc(NN)n1. The van der Waals surface area contributed by atoms with Crippen molar-refractivity contribution in [2.75, 3.05) is 10.7 Å². The van der Waals surface area contributed by atoms with Crippen molar-refractivity contribution >= 4 is 11.8 Å². The number of hydrogen-bond donors (Lipinski definition) is 3. The molecule has 2 aromatic heterocycles. The maximum absolute atomic E-state index is 12.7. The van der Waals surface area contributed by atoms with Crippen LogP contribution in [0.1, 0.15) is 16.8 Å². The molecule has 0 aromatic carbocycles. The molecule has 0 saturated carbocycles. The van der Waals surface area contributed by atoms with Gasteiger partial charge >= 0.3 is 6.18 Å². The minimum absolute atomic E-state index is 0.0218. The summed E-state index contributed by atoms with van der Waals surface area (Å²) >= 11 is 0. The Balaban J connectivity index is 2.22. The van der Waals surface area contributed by atoms with E-state index >= 15 is 0 Å². The lowest BCUT2D eigenvalue weighted by Gasteiger charge is -2.12. The minimum Gasteiger partial charge on any atom is -0.366 e. The monoisotopic (exact) mass is 298 g/mol. The van der Waals surface area contributed by atoms with Gasteiger partial charge in [0.1, 0.15) is 5.82 Å². The number of nitrogens with zero attached hydrogens (tertiary/aromatic N) is 3. The van der Waals surface area contributed by atoms with Crippen molar-refractivity contribution in [2.45, 2.75) is 19.6 Å². The van der Waals surface area contributed by atoms with Crippen LogP contribution in [0.4, 0.5) is 24.9 Å². The van der Waals surface area contributed by atoms with Gasteiger partial charge in [0.2, 0.25) is 5.95 Å². The molecular weight excluding hydrogens is 285 g/mol. The highest BCUT2D eigenvalue weighted by atomic mass is 19.4. The molecule has 0 atom stereocenters. The first-order chi connectivity index (χ1) is 9.90. The summed E-state index contributed by atoms with van der Waals surface area (Å²) in [5, 5.41) is 2.80. The summed E-state index contributed by atoms with van der Waals surface area (Å²) in [7, 11) is 0. The van der Waals surface area contributed by atoms with Gasteiger partial charge in [0.15, 0.2) is 5.69 Å². The van der Waals surface area contributed by atoms with E-state index in [-0.39, 0.29) is 18.3 Å². The number of nitrogens with one attached hydrogen (secondary N) is 2. The Hall–Kier alpha value is -2.42. The quantitative estimate of drug-likeness (QED) is 0.591. The molecule has 112 valence electrons. The topological polar surface area (TPSA) is 88.8 Å². The number of anilines is 2. The number of pyridine rings is 1. The number of aryl methyl sites for hydroxylation is 1. The number of hydrogen-bond acceptors (Lipinski definition) is 6. The molecule has 9 heteroatoms. The molecule has 21 heavy (non-hydrogen) atoms. The molecule has 0 aliphatic heterocycles. The largest absolute Gasteiger partial charge is 0.433 e. The molecule has 0 aliphatic rings. The van der Waals surface area contributed by atoms with Crippen molar-refractivity contribution in [1.29, 1.82) is 0 Å². The van der Waals surface area contributed by atoms with Crippen molar-refractivity contribution in [3.05, 3.63) is 41.3 Å². The fraction of sp³-hybridized carbons (Fsp3) is 0.250. The summed E-state index contributed by atoms with van der Waals surface area (Å²) in [6, 6.07) is 2.64. The van der Waals surface area contributed by atoms with Crippen LogP contribution in [0.5, 0.6) is 0 Å². The van der Waals surface area contributed by atoms with Crippen molar-refractivity contribution in [3.8, 4) is 0 Å². The molecule has 0 bridgehead atoms. The molecule has 0 fully saturated rings. The second-order valence-electron chi connectivity index (χ2n) is 4.26. The van der Waals surface area contributed by atoms with E-state index in [1.165, 1.54) is 0 Å². The van der Waals surface area contributed by atoms with E-state index in [2.05, 4.69) is 20.3 Å². The predicted octanol–water partition coefficient (Wildman–Crippen LogP) is 2.10. The average Bonchev–Trinajstić information content (AvgIpc) is 2.45. The highest BCUT2D eigenvalue weighted by molar-refractivity contribution is 5.43. The van der Waals surface area contributed by atoms with E-state index in [0.29, 0.717) is 0 Å². The molecule has 4 N–H and O–H groups in total. The molecule has 2 aromatic rings. The summed E-state index contributed by atoms with van der Waals surface area (Å²) in [5.74, 6) is 4.79. The molecule has 6 nitrogen and oxygen atoms in total. The number of halogens is 3. The summed E-state index contributed by atoms with van der Waals surface area (Å²) in [4.78, 5) is 11.1. The molecule has 2 rings (SSSR count). The molecule has 0 amide bonds. The van der Waals surface area contributed by atoms with Crippen LogP contribution < -0.4 is 16.6 Å². The Labute approximate surface area is 118 Å².